The maximum atomic E-state index is 13.2. The summed E-state index contributed by atoms with van der Waals surface area (Å²) in [6.45, 7) is 2.40. The average Bonchev–Trinajstić information content (AvgIpc) is 3.21. The Morgan fingerprint density at radius 1 is 1.19 bits per heavy atom. The van der Waals surface area contributed by atoms with Crippen LogP contribution in [0.5, 0.6) is 0 Å². The minimum Gasteiger partial charge on any atom is -0.330 e. The van der Waals surface area contributed by atoms with E-state index < -0.39 is 0 Å². The zero-order chi connectivity index (χ0) is 18.8. The highest BCUT2D eigenvalue weighted by Gasteiger charge is 2.27. The Balaban J connectivity index is 1.70. The second-order valence-corrected chi connectivity index (χ2v) is 8.36. The van der Waals surface area contributed by atoms with Crippen molar-refractivity contribution in [1.82, 2.24) is 9.88 Å². The van der Waals surface area contributed by atoms with Crippen molar-refractivity contribution in [2.45, 2.75) is 51.6 Å². The molecule has 2 aromatic heterocycles. The molecule has 1 N–H and O–H groups in total. The second kappa shape index (κ2) is 7.69. The summed E-state index contributed by atoms with van der Waals surface area (Å²) in [7, 11) is 0. The van der Waals surface area contributed by atoms with Crippen molar-refractivity contribution in [2.75, 3.05) is 0 Å². The molecule has 1 aliphatic rings. The van der Waals surface area contributed by atoms with Crippen LogP contribution in [-0.2, 0) is 6.54 Å². The fourth-order valence-electron chi connectivity index (χ4n) is 3.97. The van der Waals surface area contributed by atoms with E-state index in [1.54, 1.807) is 0 Å². The molecule has 0 unspecified atom stereocenters. The zero-order valence-corrected chi connectivity index (χ0v) is 16.3. The molecule has 1 aliphatic carbocycles. The van der Waals surface area contributed by atoms with Crippen LogP contribution in [0, 0.1) is 6.92 Å². The van der Waals surface area contributed by atoms with Gasteiger partial charge < -0.3 is 9.88 Å². The van der Waals surface area contributed by atoms with E-state index in [0.717, 1.165) is 47.0 Å². The fourth-order valence-corrected chi connectivity index (χ4v) is 4.65. The van der Waals surface area contributed by atoms with Gasteiger partial charge in [0.15, 0.2) is 0 Å². The Morgan fingerprint density at radius 2 is 2.00 bits per heavy atom. The molecule has 27 heavy (non-hydrogen) atoms. The van der Waals surface area contributed by atoms with Gasteiger partial charge in [0.25, 0.3) is 11.5 Å². The largest absolute Gasteiger partial charge is 0.330 e. The van der Waals surface area contributed by atoms with Crippen LogP contribution in [0.25, 0.3) is 10.9 Å². The van der Waals surface area contributed by atoms with Gasteiger partial charge in [0.1, 0.15) is 0 Å². The molecule has 3 aromatic rings. The van der Waals surface area contributed by atoms with Crippen LogP contribution in [0.4, 0.5) is 0 Å². The molecule has 140 valence electrons. The summed E-state index contributed by atoms with van der Waals surface area (Å²) in [5.41, 5.74) is 2.54. The van der Waals surface area contributed by atoms with Gasteiger partial charge in [-0.25, -0.2) is 0 Å². The van der Waals surface area contributed by atoms with Gasteiger partial charge in [0, 0.05) is 17.1 Å². The first-order valence-electron chi connectivity index (χ1n) is 9.59. The lowest BCUT2D eigenvalue weighted by atomic mass is 9.93. The zero-order valence-electron chi connectivity index (χ0n) is 15.5. The number of hydrogen-bond acceptors (Lipinski definition) is 3. The first-order valence-corrected chi connectivity index (χ1v) is 10.5. The van der Waals surface area contributed by atoms with Crippen molar-refractivity contribution in [3.05, 3.63) is 68.1 Å². The summed E-state index contributed by atoms with van der Waals surface area (Å²) in [4.78, 5) is 31.5. The highest BCUT2D eigenvalue weighted by atomic mass is 32.1. The first-order chi connectivity index (χ1) is 13.1. The van der Waals surface area contributed by atoms with Gasteiger partial charge in [0.2, 0.25) is 0 Å². The molecule has 2 heterocycles. The fraction of sp³-hybridized carbons (Fsp3) is 0.364. The number of pyridine rings is 1. The average molecular weight is 381 g/mol. The van der Waals surface area contributed by atoms with Crippen LogP contribution in [0.2, 0.25) is 0 Å². The van der Waals surface area contributed by atoms with Crippen LogP contribution in [0.1, 0.15) is 52.9 Å². The number of carbonyl (C=O) groups excluding carboxylic acids is 1. The molecule has 1 amide bonds. The Morgan fingerprint density at radius 3 is 2.74 bits per heavy atom. The third-order valence-corrected chi connectivity index (χ3v) is 6.28. The van der Waals surface area contributed by atoms with Gasteiger partial charge in [0.05, 0.1) is 11.4 Å². The van der Waals surface area contributed by atoms with Gasteiger partial charge in [-0.2, -0.15) is 0 Å². The molecule has 0 spiro atoms. The molecule has 0 bridgehead atoms. The number of aromatic nitrogens is 1. The highest BCUT2D eigenvalue weighted by molar-refractivity contribution is 7.12. The van der Waals surface area contributed by atoms with Crippen molar-refractivity contribution >= 4 is 28.1 Å². The summed E-state index contributed by atoms with van der Waals surface area (Å²) in [6, 6.07) is 11.9. The SMILES string of the molecule is Cc1ccc2[nH]c(=O)c(CN(C(=O)c3cccs3)C3CCCCC3)cc2c1. The van der Waals surface area contributed by atoms with Crippen molar-refractivity contribution in [3.63, 3.8) is 0 Å². The maximum Gasteiger partial charge on any atom is 0.264 e. The van der Waals surface area contributed by atoms with Gasteiger partial charge >= 0.3 is 0 Å². The van der Waals surface area contributed by atoms with Gasteiger partial charge in [-0.05, 0) is 54.8 Å². The molecule has 4 rings (SSSR count). The van der Waals surface area contributed by atoms with Gasteiger partial charge in [-0.15, -0.1) is 11.3 Å². The first kappa shape index (κ1) is 18.0. The lowest BCUT2D eigenvalue weighted by Gasteiger charge is -2.34. The maximum absolute atomic E-state index is 13.2. The third kappa shape index (κ3) is 3.83. The molecule has 0 atom stereocenters. The highest BCUT2D eigenvalue weighted by Crippen LogP contribution is 2.26. The molecule has 5 heteroatoms. The third-order valence-electron chi connectivity index (χ3n) is 5.43. The summed E-state index contributed by atoms with van der Waals surface area (Å²) in [5, 5.41) is 2.94. The summed E-state index contributed by atoms with van der Waals surface area (Å²) in [5.74, 6) is 0.0423. The number of amides is 1. The van der Waals surface area contributed by atoms with E-state index in [1.165, 1.54) is 17.8 Å². The molecule has 4 nitrogen and oxygen atoms in total. The number of H-pyrrole nitrogens is 1. The number of benzene rings is 1. The van der Waals surface area contributed by atoms with E-state index in [-0.39, 0.29) is 17.5 Å². The van der Waals surface area contributed by atoms with Crippen LogP contribution in [0.15, 0.2) is 46.6 Å². The van der Waals surface area contributed by atoms with E-state index in [0.29, 0.717) is 12.1 Å². The lowest BCUT2D eigenvalue weighted by molar-refractivity contribution is 0.0618. The monoisotopic (exact) mass is 380 g/mol. The molecular formula is C22H24N2O2S. The van der Waals surface area contributed by atoms with Crippen LogP contribution < -0.4 is 5.56 Å². The Labute approximate surface area is 162 Å². The van der Waals surface area contributed by atoms with Crippen molar-refractivity contribution in [1.29, 1.82) is 0 Å². The normalized spacial score (nSPS) is 15.1. The minimum atomic E-state index is -0.105. The van der Waals surface area contributed by atoms with Crippen LogP contribution in [-0.4, -0.2) is 21.8 Å². The summed E-state index contributed by atoms with van der Waals surface area (Å²) < 4.78 is 0. The molecule has 0 radical (unpaired) electrons. The molecule has 0 aliphatic heterocycles. The Hall–Kier alpha value is -2.40. The number of nitrogens with one attached hydrogen (secondary N) is 1. The predicted molar refractivity (Wildman–Crippen MR) is 110 cm³/mol. The van der Waals surface area contributed by atoms with Gasteiger partial charge in [-0.1, -0.05) is 37.0 Å². The van der Waals surface area contributed by atoms with E-state index >= 15 is 0 Å². The molecule has 0 saturated heterocycles. The van der Waals surface area contributed by atoms with Crippen molar-refractivity contribution < 1.29 is 4.79 Å². The second-order valence-electron chi connectivity index (χ2n) is 7.42. The smallest absolute Gasteiger partial charge is 0.264 e. The van der Waals surface area contributed by atoms with E-state index in [1.807, 2.05) is 47.5 Å². The number of hydrogen-bond donors (Lipinski definition) is 1. The summed E-state index contributed by atoms with van der Waals surface area (Å²) in [6.07, 6.45) is 5.55. The topological polar surface area (TPSA) is 53.2 Å². The number of rotatable bonds is 4. The Kier molecular flexibility index (Phi) is 5.12. The molecule has 1 fully saturated rings. The van der Waals surface area contributed by atoms with E-state index in [2.05, 4.69) is 11.1 Å². The number of nitrogens with zero attached hydrogens (tertiary/aromatic N) is 1. The predicted octanol–water partition coefficient (Wildman–Crippen LogP) is 4.87. The molecule has 1 aromatic carbocycles. The van der Waals surface area contributed by atoms with E-state index in [9.17, 15) is 9.59 Å². The van der Waals surface area contributed by atoms with E-state index in [4.69, 9.17) is 0 Å². The standard InChI is InChI=1S/C22H24N2O2S/c1-15-9-10-19-16(12-15)13-17(21(25)23-19)14-24(18-6-3-2-4-7-18)22(26)20-8-5-11-27-20/h5,8-13,18H,2-4,6-7,14H2,1H3,(H,23,25). The van der Waals surface area contributed by atoms with Crippen LogP contribution >= 0.6 is 11.3 Å². The van der Waals surface area contributed by atoms with Crippen LogP contribution in [0.3, 0.4) is 0 Å². The molecule has 1 saturated carbocycles. The quantitative estimate of drug-likeness (QED) is 0.702. The molecular weight excluding hydrogens is 356 g/mol. The number of aromatic amines is 1. The lowest BCUT2D eigenvalue weighted by Crippen LogP contribution is -2.41. The number of thiophene rings is 1. The number of fused-ring (bicyclic) bond motifs is 1. The minimum absolute atomic E-state index is 0.0423. The summed E-state index contributed by atoms with van der Waals surface area (Å²) >= 11 is 1.47. The van der Waals surface area contributed by atoms with Crippen molar-refractivity contribution in [3.8, 4) is 0 Å². The number of aryl methyl sites for hydroxylation is 1. The Bertz CT molecular complexity index is 1000. The van der Waals surface area contributed by atoms with Crippen molar-refractivity contribution in [2.24, 2.45) is 0 Å². The van der Waals surface area contributed by atoms with Gasteiger partial charge in [-0.3, -0.25) is 9.59 Å². The number of carbonyl (C=O) groups is 1.